The number of para-hydroxylation sites is 3. The maximum atomic E-state index is 6.37. The summed E-state index contributed by atoms with van der Waals surface area (Å²) in [7, 11) is 0. The molecule has 0 bridgehead atoms. The van der Waals surface area contributed by atoms with Crippen LogP contribution in [0, 0.1) is 0 Å². The molecule has 0 fully saturated rings. The van der Waals surface area contributed by atoms with Gasteiger partial charge in [-0.2, -0.15) is 0 Å². The largest absolute Gasteiger partial charge is 0.449 e. The van der Waals surface area contributed by atoms with E-state index >= 15 is 0 Å². The van der Waals surface area contributed by atoms with Gasteiger partial charge in [0, 0.05) is 10.9 Å². The first-order chi connectivity index (χ1) is 15.3. The van der Waals surface area contributed by atoms with Crippen molar-refractivity contribution in [3.05, 3.63) is 103 Å². The Morgan fingerprint density at radius 2 is 1.42 bits per heavy atom. The van der Waals surface area contributed by atoms with Crippen LogP contribution in [0.2, 0.25) is 0 Å². The Labute approximate surface area is 180 Å². The van der Waals surface area contributed by atoms with Crippen LogP contribution >= 0.6 is 0 Å². The molecule has 1 aromatic heterocycles. The van der Waals surface area contributed by atoms with E-state index in [1.165, 1.54) is 0 Å². The van der Waals surface area contributed by atoms with E-state index in [2.05, 4.69) is 60.2 Å². The topological polar surface area (TPSA) is 23.4 Å². The number of rotatable bonds is 3. The third-order valence-electron chi connectivity index (χ3n) is 5.82. The second-order valence-electron chi connectivity index (χ2n) is 7.48. The summed E-state index contributed by atoms with van der Waals surface area (Å²) in [4.78, 5) is 0. The quantitative estimate of drug-likeness (QED) is 0.300. The smallest absolute Gasteiger partial charge is 0.180 e. The van der Waals surface area contributed by atoms with Crippen LogP contribution in [0.25, 0.3) is 39.6 Å². The maximum Gasteiger partial charge on any atom is 0.180 e. The number of ether oxygens (including phenoxy) is 2. The Morgan fingerprint density at radius 3 is 2.23 bits per heavy atom. The molecule has 31 heavy (non-hydrogen) atoms. The summed E-state index contributed by atoms with van der Waals surface area (Å²) in [6.45, 7) is 8.03. The fourth-order valence-corrected chi connectivity index (χ4v) is 4.46. The Hall–Kier alpha value is -4.24. The third-order valence-corrected chi connectivity index (χ3v) is 5.82. The Morgan fingerprint density at radius 1 is 0.645 bits per heavy atom. The van der Waals surface area contributed by atoms with Crippen molar-refractivity contribution in [1.82, 2.24) is 4.57 Å². The molecule has 0 amide bonds. The van der Waals surface area contributed by atoms with Crippen molar-refractivity contribution in [2.45, 2.75) is 0 Å². The van der Waals surface area contributed by atoms with Gasteiger partial charge in [0.25, 0.3) is 0 Å². The van der Waals surface area contributed by atoms with Gasteiger partial charge in [0.05, 0.1) is 22.1 Å². The molecule has 0 aliphatic carbocycles. The van der Waals surface area contributed by atoms with Crippen LogP contribution in [0.15, 0.2) is 92.0 Å². The molecule has 0 atom stereocenters. The fourth-order valence-electron chi connectivity index (χ4n) is 4.46. The first-order valence-corrected chi connectivity index (χ1v) is 10.2. The van der Waals surface area contributed by atoms with E-state index in [0.29, 0.717) is 0 Å². The van der Waals surface area contributed by atoms with Crippen molar-refractivity contribution in [3.63, 3.8) is 0 Å². The molecule has 0 saturated carbocycles. The first-order valence-electron chi connectivity index (χ1n) is 10.2. The van der Waals surface area contributed by atoms with Gasteiger partial charge in [0.2, 0.25) is 0 Å². The van der Waals surface area contributed by atoms with Gasteiger partial charge in [0.15, 0.2) is 23.0 Å². The second-order valence-corrected chi connectivity index (χ2v) is 7.48. The fraction of sp³-hybridized carbons (Fsp3) is 0. The summed E-state index contributed by atoms with van der Waals surface area (Å²) in [5.74, 6) is 2.91. The highest BCUT2D eigenvalue weighted by atomic mass is 16.6. The van der Waals surface area contributed by atoms with E-state index in [1.54, 1.807) is 0 Å². The highest BCUT2D eigenvalue weighted by Crippen LogP contribution is 2.51. The molecule has 3 nitrogen and oxygen atoms in total. The number of aromatic nitrogens is 1. The SMILES string of the molecule is C=Cc1cccc(-n2c3ccccc3c3c4c(ccc32)Oc2ccccc2O4)c1C=C. The molecule has 0 unspecified atom stereocenters. The molecule has 4 aromatic carbocycles. The number of nitrogens with zero attached hydrogens (tertiary/aromatic N) is 1. The number of fused-ring (bicyclic) bond motifs is 6. The van der Waals surface area contributed by atoms with Gasteiger partial charge in [-0.25, -0.2) is 0 Å². The molecule has 6 rings (SSSR count). The lowest BCUT2D eigenvalue weighted by Crippen LogP contribution is -2.00. The van der Waals surface area contributed by atoms with Crippen molar-refractivity contribution in [3.8, 4) is 28.7 Å². The summed E-state index contributed by atoms with van der Waals surface area (Å²) in [5.41, 5.74) is 5.28. The van der Waals surface area contributed by atoms with Gasteiger partial charge < -0.3 is 14.0 Å². The lowest BCUT2D eigenvalue weighted by Gasteiger charge is -2.21. The minimum absolute atomic E-state index is 0.720. The maximum absolute atomic E-state index is 6.37. The average Bonchev–Trinajstić information content (AvgIpc) is 3.16. The molecule has 0 spiro atoms. The summed E-state index contributed by atoms with van der Waals surface area (Å²) >= 11 is 0. The van der Waals surface area contributed by atoms with Crippen molar-refractivity contribution in [2.24, 2.45) is 0 Å². The highest BCUT2D eigenvalue weighted by Gasteiger charge is 2.25. The van der Waals surface area contributed by atoms with E-state index in [1.807, 2.05) is 48.6 Å². The van der Waals surface area contributed by atoms with Gasteiger partial charge in [-0.15, -0.1) is 0 Å². The van der Waals surface area contributed by atoms with Crippen LogP contribution in [-0.4, -0.2) is 4.57 Å². The van der Waals surface area contributed by atoms with Gasteiger partial charge in [0.1, 0.15) is 0 Å². The first kappa shape index (κ1) is 17.6. The van der Waals surface area contributed by atoms with E-state index in [9.17, 15) is 0 Å². The normalized spacial score (nSPS) is 12.0. The molecule has 5 aromatic rings. The average molecular weight is 401 g/mol. The lowest BCUT2D eigenvalue weighted by molar-refractivity contribution is 0.363. The minimum Gasteiger partial charge on any atom is -0.449 e. The highest BCUT2D eigenvalue weighted by molar-refractivity contribution is 6.13. The van der Waals surface area contributed by atoms with Gasteiger partial charge >= 0.3 is 0 Å². The molecule has 0 saturated heterocycles. The molecule has 2 heterocycles. The van der Waals surface area contributed by atoms with Crippen LogP contribution in [0.3, 0.4) is 0 Å². The molecular formula is C28H19NO2. The molecule has 3 heteroatoms. The van der Waals surface area contributed by atoms with Crippen molar-refractivity contribution in [1.29, 1.82) is 0 Å². The van der Waals surface area contributed by atoms with E-state index in [4.69, 9.17) is 9.47 Å². The van der Waals surface area contributed by atoms with E-state index < -0.39 is 0 Å². The van der Waals surface area contributed by atoms with Crippen LogP contribution in [-0.2, 0) is 0 Å². The van der Waals surface area contributed by atoms with E-state index in [0.717, 1.165) is 61.6 Å². The molecular weight excluding hydrogens is 382 g/mol. The molecule has 0 radical (unpaired) electrons. The molecule has 0 N–H and O–H groups in total. The molecule has 1 aliphatic rings. The zero-order chi connectivity index (χ0) is 20.9. The Kier molecular flexibility index (Phi) is 3.77. The number of hydrogen-bond acceptors (Lipinski definition) is 2. The van der Waals surface area contributed by atoms with Crippen LogP contribution in [0.4, 0.5) is 0 Å². The Bertz CT molecular complexity index is 1520. The minimum atomic E-state index is 0.720. The predicted molar refractivity (Wildman–Crippen MR) is 128 cm³/mol. The predicted octanol–water partition coefficient (Wildman–Crippen LogP) is 7.97. The third kappa shape index (κ3) is 2.47. The van der Waals surface area contributed by atoms with Crippen LogP contribution in [0.5, 0.6) is 23.0 Å². The summed E-state index contributed by atoms with van der Waals surface area (Å²) in [6, 6.07) is 26.4. The van der Waals surface area contributed by atoms with Crippen molar-refractivity contribution < 1.29 is 9.47 Å². The second kappa shape index (κ2) is 6.64. The monoisotopic (exact) mass is 401 g/mol. The van der Waals surface area contributed by atoms with Gasteiger partial charge in [-0.05, 0) is 42.0 Å². The summed E-state index contributed by atoms with van der Waals surface area (Å²) in [5, 5.41) is 2.14. The zero-order valence-corrected chi connectivity index (χ0v) is 16.8. The van der Waals surface area contributed by atoms with Crippen LogP contribution in [0.1, 0.15) is 11.1 Å². The summed E-state index contributed by atoms with van der Waals surface area (Å²) in [6.07, 6.45) is 3.76. The lowest BCUT2D eigenvalue weighted by atomic mass is 10.0. The summed E-state index contributed by atoms with van der Waals surface area (Å²) < 4.78 is 14.8. The van der Waals surface area contributed by atoms with Gasteiger partial charge in [-0.1, -0.05) is 67.8 Å². The standard InChI is InChI=1S/C28H19NO2/c1-3-18-10-9-13-21(19(18)4-2)29-22-12-6-5-11-20(22)27-23(29)16-17-26-28(27)31-25-15-8-7-14-24(25)30-26/h3-17H,1-2H2. The Balaban J connectivity index is 1.72. The zero-order valence-electron chi connectivity index (χ0n) is 16.8. The number of benzene rings is 4. The van der Waals surface area contributed by atoms with E-state index in [-0.39, 0.29) is 0 Å². The van der Waals surface area contributed by atoms with Gasteiger partial charge in [-0.3, -0.25) is 0 Å². The van der Waals surface area contributed by atoms with Crippen molar-refractivity contribution >= 4 is 34.0 Å². The van der Waals surface area contributed by atoms with Crippen molar-refractivity contribution in [2.75, 3.05) is 0 Å². The van der Waals surface area contributed by atoms with Crippen LogP contribution < -0.4 is 9.47 Å². The number of hydrogen-bond donors (Lipinski definition) is 0. The molecule has 148 valence electrons. The molecule has 1 aliphatic heterocycles.